The Morgan fingerprint density at radius 1 is 1.25 bits per heavy atom. The molecule has 3 heteroatoms. The van der Waals surface area contributed by atoms with Crippen molar-refractivity contribution in [1.82, 2.24) is 9.55 Å². The highest BCUT2D eigenvalue weighted by molar-refractivity contribution is 5.37. The van der Waals surface area contributed by atoms with Crippen molar-refractivity contribution in [3.05, 3.63) is 43.0 Å². The lowest BCUT2D eigenvalue weighted by atomic mass is 10.2. The molecule has 2 aromatic rings. The minimum atomic E-state index is 0.549. The van der Waals surface area contributed by atoms with Gasteiger partial charge in [0.2, 0.25) is 0 Å². The standard InChI is InChI=1S/C13H16N2O/c1-11(2)9-16-13-5-3-12(4-6-13)15-8-7-14-10-15/h3-8,10-11H,9H2,1-2H3. The van der Waals surface area contributed by atoms with Gasteiger partial charge in [-0.2, -0.15) is 0 Å². The molecule has 3 nitrogen and oxygen atoms in total. The second kappa shape index (κ2) is 4.84. The van der Waals surface area contributed by atoms with E-state index in [1.165, 1.54) is 0 Å². The smallest absolute Gasteiger partial charge is 0.119 e. The Morgan fingerprint density at radius 2 is 2.00 bits per heavy atom. The third kappa shape index (κ3) is 2.63. The summed E-state index contributed by atoms with van der Waals surface area (Å²) in [6.45, 7) is 5.03. The van der Waals surface area contributed by atoms with Gasteiger partial charge in [-0.1, -0.05) is 13.8 Å². The predicted molar refractivity (Wildman–Crippen MR) is 63.9 cm³/mol. The molecule has 0 atom stereocenters. The van der Waals surface area contributed by atoms with Crippen LogP contribution in [0.1, 0.15) is 13.8 Å². The molecule has 0 bridgehead atoms. The van der Waals surface area contributed by atoms with Crippen LogP contribution in [0.15, 0.2) is 43.0 Å². The first-order valence-corrected chi connectivity index (χ1v) is 5.47. The molecule has 16 heavy (non-hydrogen) atoms. The minimum absolute atomic E-state index is 0.549. The highest BCUT2D eigenvalue weighted by Gasteiger charge is 1.98. The summed E-state index contributed by atoms with van der Waals surface area (Å²) in [5, 5.41) is 0. The van der Waals surface area contributed by atoms with E-state index in [2.05, 4.69) is 18.8 Å². The number of aromatic nitrogens is 2. The van der Waals surface area contributed by atoms with Crippen molar-refractivity contribution in [2.75, 3.05) is 6.61 Å². The van der Waals surface area contributed by atoms with Crippen LogP contribution in [0.25, 0.3) is 5.69 Å². The monoisotopic (exact) mass is 216 g/mol. The van der Waals surface area contributed by atoms with Crippen molar-refractivity contribution in [2.24, 2.45) is 5.92 Å². The van der Waals surface area contributed by atoms with E-state index in [0.29, 0.717) is 5.92 Å². The average Bonchev–Trinajstić information content (AvgIpc) is 2.80. The summed E-state index contributed by atoms with van der Waals surface area (Å²) in [6, 6.07) is 8.02. The summed E-state index contributed by atoms with van der Waals surface area (Å²) in [7, 11) is 0. The summed E-state index contributed by atoms with van der Waals surface area (Å²) in [6.07, 6.45) is 5.47. The second-order valence-electron chi connectivity index (χ2n) is 4.17. The number of benzene rings is 1. The van der Waals surface area contributed by atoms with Gasteiger partial charge in [0.25, 0.3) is 0 Å². The maximum atomic E-state index is 5.61. The van der Waals surface area contributed by atoms with Crippen LogP contribution in [0.3, 0.4) is 0 Å². The average molecular weight is 216 g/mol. The summed E-state index contributed by atoms with van der Waals surface area (Å²) in [5.41, 5.74) is 1.09. The molecule has 0 radical (unpaired) electrons. The second-order valence-corrected chi connectivity index (χ2v) is 4.17. The Balaban J connectivity index is 2.05. The number of rotatable bonds is 4. The van der Waals surface area contributed by atoms with E-state index in [4.69, 9.17) is 4.74 Å². The maximum absolute atomic E-state index is 5.61. The van der Waals surface area contributed by atoms with Gasteiger partial charge in [0, 0.05) is 18.1 Å². The summed E-state index contributed by atoms with van der Waals surface area (Å²) in [4.78, 5) is 4.01. The Labute approximate surface area is 95.7 Å². The van der Waals surface area contributed by atoms with Gasteiger partial charge in [-0.15, -0.1) is 0 Å². The molecule has 0 unspecified atom stereocenters. The normalized spacial score (nSPS) is 10.7. The highest BCUT2D eigenvalue weighted by atomic mass is 16.5. The Hall–Kier alpha value is -1.77. The van der Waals surface area contributed by atoms with Gasteiger partial charge in [-0.05, 0) is 30.2 Å². The molecule has 84 valence electrons. The Morgan fingerprint density at radius 3 is 2.56 bits per heavy atom. The van der Waals surface area contributed by atoms with Crippen LogP contribution in [-0.2, 0) is 0 Å². The van der Waals surface area contributed by atoms with Gasteiger partial charge in [0.15, 0.2) is 0 Å². The molecule has 0 aliphatic carbocycles. The van der Waals surface area contributed by atoms with Crippen LogP contribution in [0.2, 0.25) is 0 Å². The molecule has 0 saturated carbocycles. The van der Waals surface area contributed by atoms with Crippen LogP contribution >= 0.6 is 0 Å². The number of imidazole rings is 1. The van der Waals surface area contributed by atoms with Crippen molar-refractivity contribution >= 4 is 0 Å². The third-order valence-corrected chi connectivity index (χ3v) is 2.22. The van der Waals surface area contributed by atoms with E-state index in [9.17, 15) is 0 Å². The SMILES string of the molecule is CC(C)COc1ccc(-n2ccnc2)cc1. The van der Waals surface area contributed by atoms with E-state index < -0.39 is 0 Å². The van der Waals surface area contributed by atoms with Crippen LogP contribution < -0.4 is 4.74 Å². The molecule has 0 aliphatic rings. The van der Waals surface area contributed by atoms with Crippen molar-refractivity contribution in [3.8, 4) is 11.4 Å². The molecule has 0 amide bonds. The van der Waals surface area contributed by atoms with Gasteiger partial charge in [-0.25, -0.2) is 4.98 Å². The van der Waals surface area contributed by atoms with Crippen molar-refractivity contribution < 1.29 is 4.74 Å². The fraction of sp³-hybridized carbons (Fsp3) is 0.308. The van der Waals surface area contributed by atoms with Crippen molar-refractivity contribution in [3.63, 3.8) is 0 Å². The first-order valence-electron chi connectivity index (χ1n) is 5.47. The quantitative estimate of drug-likeness (QED) is 0.785. The lowest BCUT2D eigenvalue weighted by Crippen LogP contribution is -2.04. The molecule has 0 saturated heterocycles. The summed E-state index contributed by atoms with van der Waals surface area (Å²) in [5.74, 6) is 1.46. The number of hydrogen-bond donors (Lipinski definition) is 0. The molecule has 0 N–H and O–H groups in total. The number of ether oxygens (including phenoxy) is 1. The first-order chi connectivity index (χ1) is 7.75. The molecule has 1 aromatic carbocycles. The minimum Gasteiger partial charge on any atom is -0.493 e. The van der Waals surface area contributed by atoms with E-state index in [1.54, 1.807) is 12.5 Å². The molecule has 0 aliphatic heterocycles. The van der Waals surface area contributed by atoms with Gasteiger partial charge < -0.3 is 9.30 Å². The maximum Gasteiger partial charge on any atom is 0.119 e. The number of nitrogens with zero attached hydrogens (tertiary/aromatic N) is 2. The topological polar surface area (TPSA) is 27.1 Å². The van der Waals surface area contributed by atoms with E-state index in [-0.39, 0.29) is 0 Å². The zero-order valence-electron chi connectivity index (χ0n) is 9.63. The van der Waals surface area contributed by atoms with Crippen LogP contribution in [0, 0.1) is 5.92 Å². The zero-order chi connectivity index (χ0) is 11.4. The lowest BCUT2D eigenvalue weighted by Gasteiger charge is -2.09. The van der Waals surface area contributed by atoms with Gasteiger partial charge >= 0.3 is 0 Å². The molecule has 1 heterocycles. The van der Waals surface area contributed by atoms with Gasteiger partial charge in [0.1, 0.15) is 5.75 Å². The molecule has 0 fully saturated rings. The number of hydrogen-bond acceptors (Lipinski definition) is 2. The van der Waals surface area contributed by atoms with Crippen LogP contribution in [-0.4, -0.2) is 16.2 Å². The van der Waals surface area contributed by atoms with E-state index in [1.807, 2.05) is 35.0 Å². The third-order valence-electron chi connectivity index (χ3n) is 2.22. The molecule has 0 spiro atoms. The van der Waals surface area contributed by atoms with E-state index >= 15 is 0 Å². The fourth-order valence-corrected chi connectivity index (χ4v) is 1.39. The Kier molecular flexibility index (Phi) is 3.25. The van der Waals surface area contributed by atoms with Crippen LogP contribution in [0.4, 0.5) is 0 Å². The highest BCUT2D eigenvalue weighted by Crippen LogP contribution is 2.15. The predicted octanol–water partition coefficient (Wildman–Crippen LogP) is 2.91. The summed E-state index contributed by atoms with van der Waals surface area (Å²) >= 11 is 0. The van der Waals surface area contributed by atoms with Gasteiger partial charge in [-0.3, -0.25) is 0 Å². The largest absolute Gasteiger partial charge is 0.493 e. The first kappa shape index (κ1) is 10.7. The molecular weight excluding hydrogens is 200 g/mol. The van der Waals surface area contributed by atoms with Gasteiger partial charge in [0.05, 0.1) is 12.9 Å². The molecule has 2 rings (SSSR count). The summed E-state index contributed by atoms with van der Waals surface area (Å²) < 4.78 is 7.58. The van der Waals surface area contributed by atoms with Crippen LogP contribution in [0.5, 0.6) is 5.75 Å². The van der Waals surface area contributed by atoms with Crippen molar-refractivity contribution in [2.45, 2.75) is 13.8 Å². The van der Waals surface area contributed by atoms with E-state index in [0.717, 1.165) is 18.0 Å². The van der Waals surface area contributed by atoms with Crippen molar-refractivity contribution in [1.29, 1.82) is 0 Å². The Bertz CT molecular complexity index is 418. The zero-order valence-corrected chi connectivity index (χ0v) is 9.63. The molecular formula is C13H16N2O. The molecule has 1 aromatic heterocycles. The fourth-order valence-electron chi connectivity index (χ4n) is 1.39. The lowest BCUT2D eigenvalue weighted by molar-refractivity contribution is 0.271.